The molecule has 6 N–H and O–H groups in total. The first-order valence-corrected chi connectivity index (χ1v) is 16.1. The Labute approximate surface area is 296 Å². The van der Waals surface area contributed by atoms with Crippen LogP contribution in [-0.4, -0.2) is 81.2 Å². The molecular formula is C35H59N3O12. The molecule has 15 heteroatoms. The minimum absolute atomic E-state index is 0.0325. The van der Waals surface area contributed by atoms with E-state index in [1.807, 2.05) is 13.8 Å². The largest absolute Gasteiger partial charge is 0.463 e. The standard InChI is InChI=1S/C22H40N2O7.C10H14O4.C3H5NO/c1-7-16(18(24)26)14-21(4,5)19(27)30-11-9-29-10-12-31-20(28)22(6,8-2)13-15(3)17(23)25;1-7(2)9(11)13-5-6-14-10(12)8(3)4;1-2-3(4)5/h15-16H,7-14H2,1-6H3,(H2,23,25)(H2,24,26);1,3,5-6H2,2,4H3;2H,1H2,(H2,4,5). The Bertz CT molecular complexity index is 1150. The van der Waals surface area contributed by atoms with Crippen LogP contribution in [0.15, 0.2) is 37.0 Å². The van der Waals surface area contributed by atoms with Gasteiger partial charge in [-0.1, -0.05) is 40.5 Å². The Kier molecular flexibility index (Phi) is 26.3. The van der Waals surface area contributed by atoms with Crippen molar-refractivity contribution in [2.45, 2.75) is 81.1 Å². The van der Waals surface area contributed by atoms with Crippen LogP contribution < -0.4 is 17.2 Å². The van der Waals surface area contributed by atoms with Crippen molar-refractivity contribution in [2.75, 3.05) is 39.6 Å². The summed E-state index contributed by atoms with van der Waals surface area (Å²) in [5.74, 6) is -3.98. The summed E-state index contributed by atoms with van der Waals surface area (Å²) in [5.41, 5.74) is 14.2. The van der Waals surface area contributed by atoms with Crippen molar-refractivity contribution < 1.29 is 57.2 Å². The maximum Gasteiger partial charge on any atom is 0.333 e. The number of nitrogens with two attached hydrogens (primary N) is 3. The van der Waals surface area contributed by atoms with Crippen molar-refractivity contribution in [3.05, 3.63) is 37.0 Å². The van der Waals surface area contributed by atoms with Gasteiger partial charge in [0.25, 0.3) is 0 Å². The Morgan fingerprint density at radius 1 is 0.680 bits per heavy atom. The summed E-state index contributed by atoms with van der Waals surface area (Å²) in [4.78, 5) is 78.5. The third-order valence-corrected chi connectivity index (χ3v) is 7.09. The van der Waals surface area contributed by atoms with E-state index >= 15 is 0 Å². The fourth-order valence-corrected chi connectivity index (χ4v) is 3.67. The van der Waals surface area contributed by atoms with Crippen molar-refractivity contribution in [3.8, 4) is 0 Å². The van der Waals surface area contributed by atoms with Gasteiger partial charge in [0.05, 0.1) is 24.0 Å². The summed E-state index contributed by atoms with van der Waals surface area (Å²) < 4.78 is 25.2. The van der Waals surface area contributed by atoms with Gasteiger partial charge in [0, 0.05) is 23.0 Å². The van der Waals surface area contributed by atoms with Crippen LogP contribution in [0.25, 0.3) is 0 Å². The number of carbonyl (C=O) groups excluding carboxylic acids is 7. The molecule has 0 heterocycles. The molecule has 0 saturated heterocycles. The number of carbonyl (C=O) groups is 7. The highest BCUT2D eigenvalue weighted by atomic mass is 16.6. The van der Waals surface area contributed by atoms with E-state index in [-0.39, 0.29) is 45.6 Å². The number of hydrogen-bond donors (Lipinski definition) is 3. The Morgan fingerprint density at radius 3 is 1.40 bits per heavy atom. The molecule has 0 rings (SSSR count). The normalized spacial score (nSPS) is 12.7. The predicted molar refractivity (Wildman–Crippen MR) is 186 cm³/mol. The molecule has 0 bridgehead atoms. The molecule has 286 valence electrons. The van der Waals surface area contributed by atoms with Gasteiger partial charge in [-0.15, -0.1) is 0 Å². The molecule has 0 aromatic rings. The maximum atomic E-state index is 12.4. The van der Waals surface area contributed by atoms with Crippen LogP contribution in [0, 0.1) is 22.7 Å². The van der Waals surface area contributed by atoms with Gasteiger partial charge >= 0.3 is 23.9 Å². The van der Waals surface area contributed by atoms with E-state index in [1.165, 1.54) is 0 Å². The molecular weight excluding hydrogens is 654 g/mol. The van der Waals surface area contributed by atoms with E-state index in [1.54, 1.807) is 41.5 Å². The third-order valence-electron chi connectivity index (χ3n) is 7.09. The van der Waals surface area contributed by atoms with Gasteiger partial charge in [0.1, 0.15) is 26.4 Å². The summed E-state index contributed by atoms with van der Waals surface area (Å²) >= 11 is 0. The number of hydrogen-bond acceptors (Lipinski definition) is 12. The van der Waals surface area contributed by atoms with Crippen molar-refractivity contribution in [1.82, 2.24) is 0 Å². The van der Waals surface area contributed by atoms with Crippen molar-refractivity contribution in [2.24, 2.45) is 39.9 Å². The minimum Gasteiger partial charge on any atom is -0.463 e. The monoisotopic (exact) mass is 713 g/mol. The molecule has 3 amide bonds. The van der Waals surface area contributed by atoms with Crippen molar-refractivity contribution in [3.63, 3.8) is 0 Å². The summed E-state index contributed by atoms with van der Waals surface area (Å²) in [7, 11) is 0. The fraction of sp³-hybridized carbons (Fsp3) is 0.629. The number of rotatable bonds is 22. The molecule has 0 aromatic heterocycles. The minimum atomic E-state index is -0.835. The first kappa shape index (κ1) is 49.9. The van der Waals surface area contributed by atoms with Crippen LogP contribution in [0.2, 0.25) is 0 Å². The summed E-state index contributed by atoms with van der Waals surface area (Å²) in [6, 6.07) is 0. The zero-order valence-electron chi connectivity index (χ0n) is 31.1. The van der Waals surface area contributed by atoms with Crippen LogP contribution >= 0.6 is 0 Å². The highest BCUT2D eigenvalue weighted by Gasteiger charge is 2.36. The zero-order chi connectivity index (χ0) is 39.7. The third kappa shape index (κ3) is 23.7. The van der Waals surface area contributed by atoms with E-state index in [2.05, 4.69) is 34.9 Å². The SMILES string of the molecule is C=C(C)C(=O)OCCOC(=O)C(=C)C.C=CC(N)=O.CCC(CC(C)(C)C(=O)OCCOCCOC(=O)C(C)(CC)CC(C)C(N)=O)C(N)=O. The van der Waals surface area contributed by atoms with Gasteiger partial charge in [-0.2, -0.15) is 0 Å². The maximum absolute atomic E-state index is 12.4. The van der Waals surface area contributed by atoms with Gasteiger partial charge in [0.15, 0.2) is 0 Å². The van der Waals surface area contributed by atoms with Crippen LogP contribution in [0.3, 0.4) is 0 Å². The smallest absolute Gasteiger partial charge is 0.333 e. The molecule has 50 heavy (non-hydrogen) atoms. The summed E-state index contributed by atoms with van der Waals surface area (Å²) in [6.07, 6.45) is 2.77. The lowest BCUT2D eigenvalue weighted by molar-refractivity contribution is -0.159. The topological polar surface area (TPSA) is 244 Å². The fourth-order valence-electron chi connectivity index (χ4n) is 3.67. The first-order chi connectivity index (χ1) is 23.0. The molecule has 3 unspecified atom stereocenters. The lowest BCUT2D eigenvalue weighted by Gasteiger charge is -2.27. The molecule has 15 nitrogen and oxygen atoms in total. The van der Waals surface area contributed by atoms with E-state index in [0.717, 1.165) is 6.08 Å². The Hall–Kier alpha value is -4.53. The quantitative estimate of drug-likeness (QED) is 0.0635. The summed E-state index contributed by atoms with van der Waals surface area (Å²) in [5, 5.41) is 0. The van der Waals surface area contributed by atoms with Gasteiger partial charge in [-0.05, 0) is 66.4 Å². The number of ether oxygens (including phenoxy) is 5. The van der Waals surface area contributed by atoms with Crippen LogP contribution in [0.4, 0.5) is 0 Å². The molecule has 0 fully saturated rings. The van der Waals surface area contributed by atoms with Gasteiger partial charge < -0.3 is 40.9 Å². The average molecular weight is 714 g/mol. The highest BCUT2D eigenvalue weighted by Crippen LogP contribution is 2.31. The lowest BCUT2D eigenvalue weighted by atomic mass is 9.79. The average Bonchev–Trinajstić information content (AvgIpc) is 3.04. The van der Waals surface area contributed by atoms with Crippen molar-refractivity contribution >= 4 is 41.6 Å². The van der Waals surface area contributed by atoms with Crippen molar-refractivity contribution in [1.29, 1.82) is 0 Å². The van der Waals surface area contributed by atoms with E-state index in [0.29, 0.717) is 36.8 Å². The Morgan fingerprint density at radius 2 is 1.08 bits per heavy atom. The van der Waals surface area contributed by atoms with E-state index < -0.39 is 58.3 Å². The molecule has 0 radical (unpaired) electrons. The second-order valence-corrected chi connectivity index (χ2v) is 12.3. The highest BCUT2D eigenvalue weighted by molar-refractivity contribution is 5.87. The molecule has 0 aliphatic carbocycles. The van der Waals surface area contributed by atoms with E-state index in [4.69, 9.17) is 25.7 Å². The summed E-state index contributed by atoms with van der Waals surface area (Å²) in [6.45, 7) is 24.0. The first-order valence-electron chi connectivity index (χ1n) is 16.1. The number of esters is 4. The molecule has 0 aliphatic rings. The Balaban J connectivity index is -0.000000954. The van der Waals surface area contributed by atoms with Gasteiger partial charge in [-0.25, -0.2) is 9.59 Å². The van der Waals surface area contributed by atoms with Crippen LogP contribution in [0.1, 0.15) is 81.1 Å². The van der Waals surface area contributed by atoms with Crippen LogP contribution in [0.5, 0.6) is 0 Å². The lowest BCUT2D eigenvalue weighted by Crippen LogP contribution is -2.35. The molecule has 0 saturated carbocycles. The zero-order valence-corrected chi connectivity index (χ0v) is 31.1. The van der Waals surface area contributed by atoms with Gasteiger partial charge in [-0.3, -0.25) is 24.0 Å². The van der Waals surface area contributed by atoms with E-state index in [9.17, 15) is 33.6 Å². The second kappa shape index (κ2) is 26.4. The molecule has 0 aliphatic heterocycles. The van der Waals surface area contributed by atoms with Crippen LogP contribution in [-0.2, 0) is 57.2 Å². The molecule has 0 spiro atoms. The molecule has 0 aromatic carbocycles. The number of amides is 3. The van der Waals surface area contributed by atoms with Gasteiger partial charge in [0.2, 0.25) is 17.7 Å². The predicted octanol–water partition coefficient (Wildman–Crippen LogP) is 2.83. The number of primary amides is 3. The second-order valence-electron chi connectivity index (χ2n) is 12.3. The molecule has 3 atom stereocenters.